The summed E-state index contributed by atoms with van der Waals surface area (Å²) in [5, 5.41) is 6.54. The van der Waals surface area contributed by atoms with Gasteiger partial charge in [-0.25, -0.2) is 0 Å². The molecule has 3 atom stereocenters. The fourth-order valence-corrected chi connectivity index (χ4v) is 4.01. The molecular formula is C21H35Cl2N3O2. The van der Waals surface area contributed by atoms with Gasteiger partial charge in [0.1, 0.15) is 0 Å². The van der Waals surface area contributed by atoms with Crippen LogP contribution in [-0.4, -0.2) is 56.2 Å². The second kappa shape index (κ2) is 13.4. The molecule has 1 amide bonds. The first-order chi connectivity index (χ1) is 12.7. The van der Waals surface area contributed by atoms with Crippen molar-refractivity contribution in [3.8, 4) is 0 Å². The predicted molar refractivity (Wildman–Crippen MR) is 118 cm³/mol. The summed E-state index contributed by atoms with van der Waals surface area (Å²) in [6.07, 6.45) is 3.17. The van der Waals surface area contributed by atoms with Crippen LogP contribution >= 0.6 is 24.8 Å². The minimum absolute atomic E-state index is 0. The molecule has 0 saturated carbocycles. The van der Waals surface area contributed by atoms with Gasteiger partial charge < -0.3 is 15.4 Å². The highest BCUT2D eigenvalue weighted by atomic mass is 35.5. The Kier molecular flexibility index (Phi) is 12.0. The molecule has 2 fully saturated rings. The Bertz CT molecular complexity index is 556. The van der Waals surface area contributed by atoms with Crippen LogP contribution < -0.4 is 10.6 Å². The number of hydrogen-bond donors (Lipinski definition) is 2. The van der Waals surface area contributed by atoms with E-state index >= 15 is 0 Å². The van der Waals surface area contributed by atoms with E-state index in [2.05, 4.69) is 46.7 Å². The van der Waals surface area contributed by atoms with Crippen molar-refractivity contribution in [2.75, 3.05) is 39.3 Å². The van der Waals surface area contributed by atoms with Crippen LogP contribution in [0.3, 0.4) is 0 Å². The summed E-state index contributed by atoms with van der Waals surface area (Å²) in [5.74, 6) is 1.22. The Morgan fingerprint density at radius 2 is 2.11 bits per heavy atom. The maximum absolute atomic E-state index is 12.3. The van der Waals surface area contributed by atoms with Crippen LogP contribution in [0.5, 0.6) is 0 Å². The molecule has 7 heteroatoms. The number of carbonyl (C=O) groups excluding carboxylic acids is 1. The van der Waals surface area contributed by atoms with E-state index in [1.165, 1.54) is 18.4 Å². The molecule has 2 aliphatic heterocycles. The first-order valence-electron chi connectivity index (χ1n) is 10.1. The summed E-state index contributed by atoms with van der Waals surface area (Å²) >= 11 is 0. The van der Waals surface area contributed by atoms with Crippen LogP contribution in [0, 0.1) is 11.8 Å². The number of nitrogens with one attached hydrogen (secondary N) is 2. The van der Waals surface area contributed by atoms with E-state index in [1.807, 2.05) is 6.07 Å². The maximum Gasteiger partial charge on any atom is 0.220 e. The van der Waals surface area contributed by atoms with Gasteiger partial charge in [-0.05, 0) is 43.3 Å². The number of benzene rings is 1. The summed E-state index contributed by atoms with van der Waals surface area (Å²) in [7, 11) is 0. The van der Waals surface area contributed by atoms with Crippen molar-refractivity contribution >= 4 is 30.7 Å². The maximum atomic E-state index is 12.3. The van der Waals surface area contributed by atoms with Crippen LogP contribution in [0.1, 0.15) is 31.7 Å². The number of hydrogen-bond acceptors (Lipinski definition) is 4. The van der Waals surface area contributed by atoms with Crippen LogP contribution in [0.15, 0.2) is 30.3 Å². The molecule has 0 bridgehead atoms. The van der Waals surface area contributed by atoms with E-state index in [9.17, 15) is 4.79 Å². The Hall–Kier alpha value is -0.850. The van der Waals surface area contributed by atoms with Gasteiger partial charge in [0.15, 0.2) is 0 Å². The smallest absolute Gasteiger partial charge is 0.220 e. The highest BCUT2D eigenvalue weighted by Crippen LogP contribution is 2.22. The third-order valence-corrected chi connectivity index (χ3v) is 5.65. The monoisotopic (exact) mass is 431 g/mol. The Morgan fingerprint density at radius 3 is 2.82 bits per heavy atom. The van der Waals surface area contributed by atoms with Gasteiger partial charge >= 0.3 is 0 Å². The normalized spacial score (nSPS) is 23.8. The number of amides is 1. The molecule has 0 spiro atoms. The highest BCUT2D eigenvalue weighted by molar-refractivity contribution is 5.85. The number of carbonyl (C=O) groups is 1. The lowest BCUT2D eigenvalue weighted by Gasteiger charge is -2.33. The van der Waals surface area contributed by atoms with E-state index < -0.39 is 0 Å². The van der Waals surface area contributed by atoms with E-state index in [4.69, 9.17) is 4.74 Å². The molecule has 2 heterocycles. The van der Waals surface area contributed by atoms with Crippen molar-refractivity contribution in [3.05, 3.63) is 35.9 Å². The van der Waals surface area contributed by atoms with Gasteiger partial charge in [-0.3, -0.25) is 9.69 Å². The lowest BCUT2D eigenvalue weighted by molar-refractivity contribution is -0.123. The van der Waals surface area contributed by atoms with Crippen LogP contribution in [0.25, 0.3) is 0 Å². The molecule has 160 valence electrons. The van der Waals surface area contributed by atoms with Crippen molar-refractivity contribution in [1.82, 2.24) is 15.5 Å². The molecule has 1 aromatic carbocycles. The van der Waals surface area contributed by atoms with Crippen molar-refractivity contribution < 1.29 is 9.53 Å². The number of morpholine rings is 1. The topological polar surface area (TPSA) is 53.6 Å². The standard InChI is InChI=1S/C21H33N3O2.2ClH/c1-17(19-8-5-9-22-13-19)12-21(25)23-14-20-16-24(10-11-26-20)15-18-6-3-2-4-7-18;;/h2-4,6-7,17,19-20,22H,5,8-16H2,1H3,(H,23,25);2*1H. The first kappa shape index (κ1) is 25.2. The van der Waals surface area contributed by atoms with Gasteiger partial charge in [-0.1, -0.05) is 37.3 Å². The molecule has 0 radical (unpaired) electrons. The zero-order valence-electron chi connectivity index (χ0n) is 16.8. The zero-order chi connectivity index (χ0) is 18.2. The van der Waals surface area contributed by atoms with Gasteiger partial charge in [0.2, 0.25) is 5.91 Å². The zero-order valence-corrected chi connectivity index (χ0v) is 18.4. The van der Waals surface area contributed by atoms with Crippen molar-refractivity contribution in [2.45, 2.75) is 38.8 Å². The molecule has 2 saturated heterocycles. The highest BCUT2D eigenvalue weighted by Gasteiger charge is 2.24. The number of piperidine rings is 1. The third-order valence-electron chi connectivity index (χ3n) is 5.65. The largest absolute Gasteiger partial charge is 0.374 e. The molecule has 0 aromatic heterocycles. The summed E-state index contributed by atoms with van der Waals surface area (Å²) in [6, 6.07) is 10.5. The second-order valence-electron chi connectivity index (χ2n) is 7.81. The van der Waals surface area contributed by atoms with Crippen molar-refractivity contribution in [3.63, 3.8) is 0 Å². The number of nitrogens with zero attached hydrogens (tertiary/aromatic N) is 1. The van der Waals surface area contributed by atoms with Crippen molar-refractivity contribution in [2.24, 2.45) is 11.8 Å². The minimum atomic E-state index is 0. The van der Waals surface area contributed by atoms with Gasteiger partial charge in [0.25, 0.3) is 0 Å². The third kappa shape index (κ3) is 8.26. The quantitative estimate of drug-likeness (QED) is 0.696. The average molecular weight is 432 g/mol. The Labute approximate surface area is 181 Å². The average Bonchev–Trinajstić information content (AvgIpc) is 2.68. The number of ether oxygens (including phenoxy) is 1. The lowest BCUT2D eigenvalue weighted by atomic mass is 9.85. The molecule has 1 aromatic rings. The lowest BCUT2D eigenvalue weighted by Crippen LogP contribution is -2.47. The van der Waals surface area contributed by atoms with Crippen molar-refractivity contribution in [1.29, 1.82) is 0 Å². The number of halogens is 2. The van der Waals surface area contributed by atoms with Gasteiger partial charge in [-0.2, -0.15) is 0 Å². The Balaban J connectivity index is 0.00000196. The minimum Gasteiger partial charge on any atom is -0.374 e. The predicted octanol–water partition coefficient (Wildman–Crippen LogP) is 2.87. The van der Waals surface area contributed by atoms with Gasteiger partial charge in [-0.15, -0.1) is 24.8 Å². The Morgan fingerprint density at radius 1 is 1.32 bits per heavy atom. The van der Waals surface area contributed by atoms with E-state index in [0.29, 0.717) is 24.8 Å². The summed E-state index contributed by atoms with van der Waals surface area (Å²) in [6.45, 7) is 8.48. The first-order valence-corrected chi connectivity index (χ1v) is 10.1. The molecule has 0 aliphatic carbocycles. The van der Waals surface area contributed by atoms with Crippen LogP contribution in [-0.2, 0) is 16.1 Å². The van der Waals surface area contributed by atoms with Gasteiger partial charge in [0.05, 0.1) is 12.7 Å². The number of rotatable bonds is 7. The summed E-state index contributed by atoms with van der Waals surface area (Å²) in [4.78, 5) is 14.7. The summed E-state index contributed by atoms with van der Waals surface area (Å²) < 4.78 is 5.85. The molecule has 3 rings (SSSR count). The molecule has 5 nitrogen and oxygen atoms in total. The fourth-order valence-electron chi connectivity index (χ4n) is 4.01. The SMILES string of the molecule is CC(CC(=O)NCC1CN(Cc2ccccc2)CCO1)C1CCCNC1.Cl.Cl. The van der Waals surface area contributed by atoms with Gasteiger partial charge in [0, 0.05) is 32.6 Å². The van der Waals surface area contributed by atoms with Crippen LogP contribution in [0.2, 0.25) is 0 Å². The van der Waals surface area contributed by atoms with E-state index in [-0.39, 0.29) is 36.8 Å². The molecular weight excluding hydrogens is 397 g/mol. The molecule has 2 N–H and O–H groups in total. The fraction of sp³-hybridized carbons (Fsp3) is 0.667. The second-order valence-corrected chi connectivity index (χ2v) is 7.81. The van der Waals surface area contributed by atoms with Crippen LogP contribution in [0.4, 0.5) is 0 Å². The molecule has 28 heavy (non-hydrogen) atoms. The summed E-state index contributed by atoms with van der Waals surface area (Å²) in [5.41, 5.74) is 1.33. The molecule has 2 aliphatic rings. The molecule has 3 unspecified atom stereocenters. The van der Waals surface area contributed by atoms with E-state index in [1.54, 1.807) is 0 Å². The van der Waals surface area contributed by atoms with E-state index in [0.717, 1.165) is 39.3 Å².